The second-order valence-corrected chi connectivity index (χ2v) is 9.06. The van der Waals surface area contributed by atoms with Gasteiger partial charge in [0.2, 0.25) is 10.0 Å². The summed E-state index contributed by atoms with van der Waals surface area (Å²) in [7, 11) is -4.01. The Bertz CT molecular complexity index is 1070. The summed E-state index contributed by atoms with van der Waals surface area (Å²) in [6.45, 7) is 1.41. The van der Waals surface area contributed by atoms with Gasteiger partial charge in [-0.2, -0.15) is 4.31 Å². The maximum absolute atomic E-state index is 13.9. The Morgan fingerprint density at radius 3 is 2.23 bits per heavy atom. The van der Waals surface area contributed by atoms with Crippen LogP contribution in [0.3, 0.4) is 0 Å². The van der Waals surface area contributed by atoms with E-state index in [1.54, 1.807) is 6.07 Å². The Labute approximate surface area is 179 Å². The smallest absolute Gasteiger partial charge is 0.309 e. The van der Waals surface area contributed by atoms with E-state index in [1.807, 2.05) is 0 Å². The van der Waals surface area contributed by atoms with Crippen LogP contribution in [0.2, 0.25) is 0 Å². The topological polar surface area (TPSA) is 92.8 Å². The van der Waals surface area contributed by atoms with Crippen molar-refractivity contribution in [2.75, 3.05) is 18.4 Å². The molecule has 2 aromatic rings. The molecule has 1 unspecified atom stereocenters. The predicted molar refractivity (Wildman–Crippen MR) is 108 cm³/mol. The molecule has 0 bridgehead atoms. The standard InChI is InChI=1S/C21H22F2N2O5S/c1-14(20(26)24-18-8-4-2-6-16(18)22)30-21(27)15-10-12-25(13-11-15)31(28,29)19-9-5-3-7-17(19)23/h2-9,14-15H,10-13H2,1H3,(H,24,26). The summed E-state index contributed by atoms with van der Waals surface area (Å²) in [5.41, 5.74) is -0.0259. The maximum atomic E-state index is 13.9. The summed E-state index contributed by atoms with van der Waals surface area (Å²) >= 11 is 0. The van der Waals surface area contributed by atoms with Gasteiger partial charge in [0.15, 0.2) is 6.10 Å². The van der Waals surface area contributed by atoms with Gasteiger partial charge in [-0.1, -0.05) is 24.3 Å². The van der Waals surface area contributed by atoms with Crippen molar-refractivity contribution in [3.05, 3.63) is 60.2 Å². The summed E-state index contributed by atoms with van der Waals surface area (Å²) in [5.74, 6) is -3.37. The van der Waals surface area contributed by atoms with Crippen LogP contribution >= 0.6 is 0 Å². The largest absolute Gasteiger partial charge is 0.452 e. The normalized spacial score (nSPS) is 16.5. The Morgan fingerprint density at radius 1 is 1.03 bits per heavy atom. The molecule has 0 aromatic heterocycles. The quantitative estimate of drug-likeness (QED) is 0.681. The van der Waals surface area contributed by atoms with Gasteiger partial charge in [0.05, 0.1) is 11.6 Å². The minimum atomic E-state index is -4.01. The molecule has 0 radical (unpaired) electrons. The number of carbonyl (C=O) groups is 2. The highest BCUT2D eigenvalue weighted by atomic mass is 32.2. The summed E-state index contributed by atoms with van der Waals surface area (Å²) < 4.78 is 59.1. The van der Waals surface area contributed by atoms with Gasteiger partial charge in [0.1, 0.15) is 16.5 Å². The molecule has 1 saturated heterocycles. The number of sulfonamides is 1. The third-order valence-electron chi connectivity index (χ3n) is 5.04. The number of amides is 1. The van der Waals surface area contributed by atoms with E-state index in [9.17, 15) is 26.8 Å². The monoisotopic (exact) mass is 452 g/mol. The van der Waals surface area contributed by atoms with Gasteiger partial charge in [0.25, 0.3) is 5.91 Å². The predicted octanol–water partition coefficient (Wildman–Crippen LogP) is 2.94. The lowest BCUT2D eigenvalue weighted by atomic mass is 9.98. The zero-order chi connectivity index (χ0) is 22.6. The van der Waals surface area contributed by atoms with E-state index in [1.165, 1.54) is 43.3 Å². The first-order chi connectivity index (χ1) is 14.7. The number of nitrogens with zero attached hydrogens (tertiary/aromatic N) is 1. The van der Waals surface area contributed by atoms with Gasteiger partial charge in [-0.3, -0.25) is 9.59 Å². The van der Waals surface area contributed by atoms with Crippen molar-refractivity contribution in [1.82, 2.24) is 4.31 Å². The van der Waals surface area contributed by atoms with Gasteiger partial charge in [0, 0.05) is 13.1 Å². The maximum Gasteiger partial charge on any atom is 0.309 e. The molecule has 0 spiro atoms. The lowest BCUT2D eigenvalue weighted by Crippen LogP contribution is -2.42. The van der Waals surface area contributed by atoms with E-state index in [4.69, 9.17) is 4.74 Å². The van der Waals surface area contributed by atoms with Crippen molar-refractivity contribution >= 4 is 27.6 Å². The Balaban J connectivity index is 1.55. The Kier molecular flexibility index (Phi) is 7.01. The van der Waals surface area contributed by atoms with Crippen LogP contribution in [-0.2, 0) is 24.3 Å². The average Bonchev–Trinajstić information content (AvgIpc) is 2.75. The first-order valence-corrected chi connectivity index (χ1v) is 11.1. The Hall–Kier alpha value is -2.85. The fraction of sp³-hybridized carbons (Fsp3) is 0.333. The molecule has 1 aliphatic heterocycles. The highest BCUT2D eigenvalue weighted by Crippen LogP contribution is 2.26. The van der Waals surface area contributed by atoms with Crippen LogP contribution in [0.15, 0.2) is 53.4 Å². The number of anilines is 1. The molecule has 1 aliphatic rings. The van der Waals surface area contributed by atoms with Gasteiger partial charge in [-0.25, -0.2) is 17.2 Å². The van der Waals surface area contributed by atoms with Gasteiger partial charge >= 0.3 is 5.97 Å². The molecule has 1 N–H and O–H groups in total. The minimum Gasteiger partial charge on any atom is -0.452 e. The number of hydrogen-bond donors (Lipinski definition) is 1. The average molecular weight is 452 g/mol. The third kappa shape index (κ3) is 5.26. The molecule has 10 heteroatoms. The highest BCUT2D eigenvalue weighted by Gasteiger charge is 2.35. The van der Waals surface area contributed by atoms with Crippen molar-refractivity contribution in [2.45, 2.75) is 30.8 Å². The number of halogens is 2. The zero-order valence-electron chi connectivity index (χ0n) is 16.8. The number of para-hydroxylation sites is 1. The summed E-state index contributed by atoms with van der Waals surface area (Å²) in [5, 5.41) is 2.35. The number of nitrogens with one attached hydrogen (secondary N) is 1. The van der Waals surface area contributed by atoms with Crippen LogP contribution in [0.25, 0.3) is 0 Å². The second-order valence-electron chi connectivity index (χ2n) is 7.16. The number of esters is 1. The molecule has 1 heterocycles. The van der Waals surface area contributed by atoms with Crippen LogP contribution in [0.1, 0.15) is 19.8 Å². The molecule has 3 rings (SSSR count). The van der Waals surface area contributed by atoms with Gasteiger partial charge in [-0.05, 0) is 44.0 Å². The number of carbonyl (C=O) groups excluding carboxylic acids is 2. The fourth-order valence-corrected chi connectivity index (χ4v) is 4.78. The van der Waals surface area contributed by atoms with Crippen molar-refractivity contribution in [3.63, 3.8) is 0 Å². The van der Waals surface area contributed by atoms with E-state index in [-0.39, 0.29) is 31.6 Å². The van der Waals surface area contributed by atoms with Crippen LogP contribution in [0.4, 0.5) is 14.5 Å². The molecule has 7 nitrogen and oxygen atoms in total. The first kappa shape index (κ1) is 22.8. The van der Waals surface area contributed by atoms with Crippen molar-refractivity contribution in [2.24, 2.45) is 5.92 Å². The van der Waals surface area contributed by atoms with E-state index in [0.29, 0.717) is 0 Å². The highest BCUT2D eigenvalue weighted by molar-refractivity contribution is 7.89. The molecule has 0 saturated carbocycles. The number of rotatable bonds is 6. The fourth-order valence-electron chi connectivity index (χ4n) is 3.25. The van der Waals surface area contributed by atoms with Crippen molar-refractivity contribution in [1.29, 1.82) is 0 Å². The molecular formula is C21H22F2N2O5S. The van der Waals surface area contributed by atoms with Crippen molar-refractivity contribution in [3.8, 4) is 0 Å². The number of benzene rings is 2. The van der Waals surface area contributed by atoms with Crippen LogP contribution < -0.4 is 5.32 Å². The summed E-state index contributed by atoms with van der Waals surface area (Å²) in [4.78, 5) is 24.2. The number of piperidine rings is 1. The van der Waals surface area contributed by atoms with E-state index in [2.05, 4.69) is 5.32 Å². The van der Waals surface area contributed by atoms with Crippen LogP contribution in [-0.4, -0.2) is 43.8 Å². The lowest BCUT2D eigenvalue weighted by molar-refractivity contribution is -0.158. The second kappa shape index (κ2) is 9.52. The van der Waals surface area contributed by atoms with Gasteiger partial charge in [-0.15, -0.1) is 0 Å². The third-order valence-corrected chi connectivity index (χ3v) is 6.97. The zero-order valence-corrected chi connectivity index (χ0v) is 17.6. The molecule has 166 valence electrons. The molecule has 0 aliphatic carbocycles. The van der Waals surface area contributed by atoms with E-state index in [0.717, 1.165) is 10.4 Å². The number of hydrogen-bond acceptors (Lipinski definition) is 5. The van der Waals surface area contributed by atoms with E-state index >= 15 is 0 Å². The summed E-state index contributed by atoms with van der Waals surface area (Å²) in [6.07, 6.45) is -0.810. The molecular weight excluding hydrogens is 430 g/mol. The van der Waals surface area contributed by atoms with Crippen molar-refractivity contribution < 1.29 is 31.5 Å². The molecule has 1 atom stereocenters. The first-order valence-electron chi connectivity index (χ1n) is 9.70. The SMILES string of the molecule is CC(OC(=O)C1CCN(S(=O)(=O)c2ccccc2F)CC1)C(=O)Nc1ccccc1F. The van der Waals surface area contributed by atoms with Crippen LogP contribution in [0, 0.1) is 17.6 Å². The van der Waals surface area contributed by atoms with E-state index < -0.39 is 50.5 Å². The van der Waals surface area contributed by atoms with Gasteiger partial charge < -0.3 is 10.1 Å². The number of ether oxygens (including phenoxy) is 1. The van der Waals surface area contributed by atoms with Crippen LogP contribution in [0.5, 0.6) is 0 Å². The molecule has 1 amide bonds. The lowest BCUT2D eigenvalue weighted by Gasteiger charge is -2.30. The summed E-state index contributed by atoms with van der Waals surface area (Å²) in [6, 6.07) is 10.7. The molecule has 1 fully saturated rings. The Morgan fingerprint density at radius 2 is 1.61 bits per heavy atom. The molecule has 31 heavy (non-hydrogen) atoms. The minimum absolute atomic E-state index is 0.0201. The molecule has 2 aromatic carbocycles.